The van der Waals surface area contributed by atoms with Gasteiger partial charge in [0, 0.05) is 26.9 Å². The maximum absolute atomic E-state index is 12.8. The van der Waals surface area contributed by atoms with Crippen LogP contribution in [0.25, 0.3) is 33.9 Å². The summed E-state index contributed by atoms with van der Waals surface area (Å²) in [7, 11) is 0. The van der Waals surface area contributed by atoms with Gasteiger partial charge in [-0.05, 0) is 43.3 Å². The molecule has 2 aromatic heterocycles. The van der Waals surface area contributed by atoms with Crippen LogP contribution >= 0.6 is 15.9 Å². The Morgan fingerprint density at radius 2 is 1.56 bits per heavy atom. The molecular weight excluding hydrogens is 604 g/mol. The summed E-state index contributed by atoms with van der Waals surface area (Å²) < 4.78 is 10.2. The molecule has 0 aliphatic heterocycles. The molecule has 0 aliphatic carbocycles. The predicted octanol–water partition coefficient (Wildman–Crippen LogP) is 7.32. The van der Waals surface area contributed by atoms with Crippen LogP contribution in [-0.2, 0) is 17.9 Å². The lowest BCUT2D eigenvalue weighted by Gasteiger charge is -2.12. The molecule has 6 aromatic rings. The van der Waals surface area contributed by atoms with Crippen molar-refractivity contribution < 1.29 is 9.53 Å². The summed E-state index contributed by atoms with van der Waals surface area (Å²) in [6.45, 7) is 2.96. The van der Waals surface area contributed by atoms with Crippen LogP contribution in [0.2, 0.25) is 0 Å². The fourth-order valence-electron chi connectivity index (χ4n) is 4.94. The van der Waals surface area contributed by atoms with Crippen LogP contribution in [0.5, 0.6) is 5.75 Å². The average Bonchev–Trinajstić information content (AvgIpc) is 3.63. The lowest BCUT2D eigenvalue weighted by Crippen LogP contribution is -2.19. The zero-order valence-electron chi connectivity index (χ0n) is 23.5. The molecule has 0 bridgehead atoms. The van der Waals surface area contributed by atoms with Crippen molar-refractivity contribution in [1.29, 1.82) is 0 Å². The summed E-state index contributed by atoms with van der Waals surface area (Å²) in [4.78, 5) is 18.0. The van der Waals surface area contributed by atoms with E-state index in [0.717, 1.165) is 44.1 Å². The Kier molecular flexibility index (Phi) is 8.42. The number of hydrogen-bond acceptors (Lipinski definition) is 5. The van der Waals surface area contributed by atoms with E-state index in [-0.39, 0.29) is 12.5 Å². The number of amides is 1. The van der Waals surface area contributed by atoms with E-state index in [9.17, 15) is 4.79 Å². The van der Waals surface area contributed by atoms with Gasteiger partial charge in [-0.1, -0.05) is 93.9 Å². The number of carbonyl (C=O) groups excluding carboxylic acids is 1. The van der Waals surface area contributed by atoms with Gasteiger partial charge in [-0.25, -0.2) is 9.67 Å². The van der Waals surface area contributed by atoms with Crippen LogP contribution < -0.4 is 10.1 Å². The maximum Gasteiger partial charge on any atom is 0.246 e. The van der Waals surface area contributed by atoms with E-state index in [1.807, 2.05) is 79.7 Å². The first-order valence-electron chi connectivity index (χ1n) is 14.0. The number of halogens is 1. The zero-order valence-corrected chi connectivity index (χ0v) is 25.1. The number of nitrogens with zero attached hydrogens (tertiary/aromatic N) is 5. The van der Waals surface area contributed by atoms with Gasteiger partial charge in [0.25, 0.3) is 0 Å². The summed E-state index contributed by atoms with van der Waals surface area (Å²) in [5.74, 6) is 1.37. The average molecular weight is 634 g/mol. The second-order valence-electron chi connectivity index (χ2n) is 9.87. The summed E-state index contributed by atoms with van der Waals surface area (Å²) in [6.07, 6.45) is 1.80. The second-order valence-corrected chi connectivity index (χ2v) is 10.8. The highest BCUT2D eigenvalue weighted by atomic mass is 79.9. The number of rotatable bonds is 10. The van der Waals surface area contributed by atoms with Crippen molar-refractivity contribution in [3.8, 4) is 39.7 Å². The standard InChI is InChI=1S/C34H29BrN6O2/c1-2-43-30-18-16-28(17-19-30)36-31(42)23-40-21-29(38-39-40)22-41-33(25-12-7-4-8-13-25)32(24-10-5-3-6-11-24)37-34(41)26-14-9-15-27(35)20-26/h3-21H,2,22-23H2,1H3,(H,36,42). The Bertz CT molecular complexity index is 1830. The first-order valence-corrected chi connectivity index (χ1v) is 14.8. The minimum Gasteiger partial charge on any atom is -0.494 e. The lowest BCUT2D eigenvalue weighted by molar-refractivity contribution is -0.116. The van der Waals surface area contributed by atoms with E-state index in [2.05, 4.69) is 72.5 Å². The minimum atomic E-state index is -0.200. The van der Waals surface area contributed by atoms with Gasteiger partial charge in [-0.15, -0.1) is 5.10 Å². The van der Waals surface area contributed by atoms with Crippen LogP contribution in [-0.4, -0.2) is 37.1 Å². The van der Waals surface area contributed by atoms with Crippen molar-refractivity contribution in [2.75, 3.05) is 11.9 Å². The van der Waals surface area contributed by atoms with Crippen molar-refractivity contribution >= 4 is 27.5 Å². The van der Waals surface area contributed by atoms with Gasteiger partial charge in [0.15, 0.2) is 0 Å². The van der Waals surface area contributed by atoms with E-state index in [0.29, 0.717) is 24.5 Å². The third-order valence-corrected chi connectivity index (χ3v) is 7.30. The van der Waals surface area contributed by atoms with Crippen molar-refractivity contribution in [1.82, 2.24) is 24.5 Å². The predicted molar refractivity (Wildman–Crippen MR) is 172 cm³/mol. The van der Waals surface area contributed by atoms with Gasteiger partial charge in [0.2, 0.25) is 5.91 Å². The van der Waals surface area contributed by atoms with Crippen molar-refractivity contribution in [3.63, 3.8) is 0 Å². The molecule has 0 radical (unpaired) electrons. The van der Waals surface area contributed by atoms with Crippen LogP contribution in [0.1, 0.15) is 12.6 Å². The maximum atomic E-state index is 12.8. The summed E-state index contributed by atoms with van der Waals surface area (Å²) in [5.41, 5.74) is 6.28. The normalized spacial score (nSPS) is 10.9. The molecule has 9 heteroatoms. The Labute approximate surface area is 258 Å². The van der Waals surface area contributed by atoms with Gasteiger partial charge in [-0.2, -0.15) is 0 Å². The molecule has 0 aliphatic rings. The Morgan fingerprint density at radius 1 is 0.860 bits per heavy atom. The molecular formula is C34H29BrN6O2. The minimum absolute atomic E-state index is 0.0312. The second kappa shape index (κ2) is 12.9. The summed E-state index contributed by atoms with van der Waals surface area (Å²) >= 11 is 3.62. The van der Waals surface area contributed by atoms with E-state index in [4.69, 9.17) is 9.72 Å². The third kappa shape index (κ3) is 6.57. The molecule has 43 heavy (non-hydrogen) atoms. The summed E-state index contributed by atoms with van der Waals surface area (Å²) in [5, 5.41) is 11.6. The monoisotopic (exact) mass is 632 g/mol. The molecule has 0 saturated carbocycles. The zero-order chi connectivity index (χ0) is 29.6. The first-order chi connectivity index (χ1) is 21.1. The molecule has 8 nitrogen and oxygen atoms in total. The fraction of sp³-hybridized carbons (Fsp3) is 0.118. The topological polar surface area (TPSA) is 86.9 Å². The van der Waals surface area contributed by atoms with Crippen molar-refractivity contribution in [2.24, 2.45) is 0 Å². The number of carbonyl (C=O) groups is 1. The molecule has 214 valence electrons. The highest BCUT2D eigenvalue weighted by Crippen LogP contribution is 2.37. The molecule has 0 unspecified atom stereocenters. The molecule has 0 saturated heterocycles. The van der Waals surface area contributed by atoms with Crippen molar-refractivity contribution in [2.45, 2.75) is 20.0 Å². The summed E-state index contributed by atoms with van der Waals surface area (Å²) in [6, 6.07) is 35.8. The van der Waals surface area contributed by atoms with Crippen LogP contribution in [0.4, 0.5) is 5.69 Å². The largest absolute Gasteiger partial charge is 0.494 e. The first kappa shape index (κ1) is 28.1. The van der Waals surface area contributed by atoms with Crippen LogP contribution in [0.15, 0.2) is 120 Å². The van der Waals surface area contributed by atoms with E-state index in [1.165, 1.54) is 0 Å². The number of nitrogens with one attached hydrogen (secondary N) is 1. The number of anilines is 1. The van der Waals surface area contributed by atoms with Gasteiger partial charge in [0.05, 0.1) is 30.7 Å². The van der Waals surface area contributed by atoms with Gasteiger partial charge in [-0.3, -0.25) is 4.79 Å². The van der Waals surface area contributed by atoms with Crippen LogP contribution in [0.3, 0.4) is 0 Å². The van der Waals surface area contributed by atoms with E-state index in [1.54, 1.807) is 10.9 Å². The molecule has 1 amide bonds. The molecule has 0 spiro atoms. The number of hydrogen-bond donors (Lipinski definition) is 1. The fourth-order valence-corrected chi connectivity index (χ4v) is 5.34. The number of aromatic nitrogens is 5. The van der Waals surface area contributed by atoms with Gasteiger partial charge in [0.1, 0.15) is 23.8 Å². The van der Waals surface area contributed by atoms with Crippen molar-refractivity contribution in [3.05, 3.63) is 126 Å². The smallest absolute Gasteiger partial charge is 0.246 e. The van der Waals surface area contributed by atoms with Gasteiger partial charge >= 0.3 is 0 Å². The number of ether oxygens (including phenoxy) is 1. The molecule has 2 heterocycles. The lowest BCUT2D eigenvalue weighted by atomic mass is 10.0. The highest BCUT2D eigenvalue weighted by Gasteiger charge is 2.22. The Morgan fingerprint density at radius 3 is 2.26 bits per heavy atom. The van der Waals surface area contributed by atoms with E-state index >= 15 is 0 Å². The Hall–Kier alpha value is -5.02. The Balaban J connectivity index is 1.33. The molecule has 0 fully saturated rings. The van der Waals surface area contributed by atoms with Gasteiger partial charge < -0.3 is 14.6 Å². The molecule has 6 rings (SSSR count). The quantitative estimate of drug-likeness (QED) is 0.171. The highest BCUT2D eigenvalue weighted by molar-refractivity contribution is 9.10. The number of imidazole rings is 1. The SMILES string of the molecule is CCOc1ccc(NC(=O)Cn2cc(Cn3c(-c4cccc(Br)c4)nc(-c4ccccc4)c3-c3ccccc3)nn2)cc1. The third-order valence-electron chi connectivity index (χ3n) is 6.81. The van der Waals surface area contributed by atoms with Crippen LogP contribution in [0, 0.1) is 0 Å². The van der Waals surface area contributed by atoms with E-state index < -0.39 is 0 Å². The molecule has 4 aromatic carbocycles. The molecule has 1 N–H and O–H groups in total. The molecule has 0 atom stereocenters. The number of benzene rings is 4.